The van der Waals surface area contributed by atoms with Gasteiger partial charge in [-0.2, -0.15) is 11.3 Å². The molecule has 0 aromatic carbocycles. The van der Waals surface area contributed by atoms with E-state index in [9.17, 15) is 0 Å². The molecule has 1 aliphatic carbocycles. The molecule has 0 aliphatic heterocycles. The third-order valence-corrected chi connectivity index (χ3v) is 3.44. The van der Waals surface area contributed by atoms with Gasteiger partial charge in [0.25, 0.3) is 0 Å². The molecule has 16 heavy (non-hydrogen) atoms. The number of hydrogen-bond donors (Lipinski definition) is 0. The second-order valence-corrected chi connectivity index (χ2v) is 4.58. The minimum Gasteiger partial charge on any atom is -0.369 e. The van der Waals surface area contributed by atoms with Crippen LogP contribution in [0.4, 0.5) is 0 Å². The monoisotopic (exact) mass is 300 g/mol. The van der Waals surface area contributed by atoms with E-state index in [1.807, 2.05) is 0 Å². The van der Waals surface area contributed by atoms with Crippen molar-refractivity contribution in [1.82, 2.24) is 9.97 Å². The molecule has 0 unspecified atom stereocenters. The van der Waals surface area contributed by atoms with Gasteiger partial charge in [0, 0.05) is 5.82 Å². The van der Waals surface area contributed by atoms with E-state index in [0.717, 1.165) is 24.2 Å². The van der Waals surface area contributed by atoms with Crippen LogP contribution < -0.4 is 58.2 Å². The molecule has 2 aromatic heterocycles. The molecule has 0 bridgehead atoms. The van der Waals surface area contributed by atoms with Crippen LogP contribution in [0.25, 0.3) is 11.4 Å². The summed E-state index contributed by atoms with van der Waals surface area (Å²) in [5, 5.41) is 4.14. The van der Waals surface area contributed by atoms with Gasteiger partial charge in [0.2, 0.25) is 0 Å². The van der Waals surface area contributed by atoms with Crippen molar-refractivity contribution in [2.45, 2.75) is 25.7 Å². The summed E-state index contributed by atoms with van der Waals surface area (Å²) >= 11 is 1.68. The SMILES string of the molecule is [Rb+].[c-]1nc(-c2ccsc2)nc2c1CCCC2. The Kier molecular flexibility index (Phi) is 4.85. The van der Waals surface area contributed by atoms with Crippen molar-refractivity contribution < 1.29 is 58.2 Å². The zero-order valence-electron chi connectivity index (χ0n) is 9.36. The molecule has 2 aromatic rings. The van der Waals surface area contributed by atoms with Gasteiger partial charge in [-0.25, -0.2) is 0 Å². The van der Waals surface area contributed by atoms with Gasteiger partial charge in [0.15, 0.2) is 0 Å². The van der Waals surface area contributed by atoms with Crippen LogP contribution in [-0.2, 0) is 12.8 Å². The molecule has 76 valence electrons. The van der Waals surface area contributed by atoms with Crippen molar-refractivity contribution in [3.05, 3.63) is 34.3 Å². The summed E-state index contributed by atoms with van der Waals surface area (Å²) in [6.07, 6.45) is 7.83. The van der Waals surface area contributed by atoms with Crippen LogP contribution in [0.3, 0.4) is 0 Å². The third-order valence-electron chi connectivity index (χ3n) is 2.76. The fourth-order valence-corrected chi connectivity index (χ4v) is 2.56. The Morgan fingerprint density at radius 2 is 2.12 bits per heavy atom. The van der Waals surface area contributed by atoms with E-state index in [4.69, 9.17) is 0 Å². The summed E-state index contributed by atoms with van der Waals surface area (Å²) in [7, 11) is 0. The van der Waals surface area contributed by atoms with Gasteiger partial charge in [-0.1, -0.05) is 37.2 Å². The van der Waals surface area contributed by atoms with Crippen molar-refractivity contribution in [1.29, 1.82) is 0 Å². The molecule has 0 radical (unpaired) electrons. The number of hydrogen-bond acceptors (Lipinski definition) is 3. The van der Waals surface area contributed by atoms with Crippen LogP contribution in [-0.4, -0.2) is 9.97 Å². The second kappa shape index (κ2) is 5.96. The number of nitrogens with zero attached hydrogens (tertiary/aromatic N) is 2. The van der Waals surface area contributed by atoms with E-state index in [2.05, 4.69) is 33.0 Å². The van der Waals surface area contributed by atoms with Crippen LogP contribution in [0, 0.1) is 6.20 Å². The van der Waals surface area contributed by atoms with Crippen molar-refractivity contribution in [3.63, 3.8) is 0 Å². The zero-order chi connectivity index (χ0) is 10.1. The normalized spacial score (nSPS) is 14.0. The molecule has 0 fully saturated rings. The average molecular weight is 301 g/mol. The molecule has 0 saturated heterocycles. The average Bonchev–Trinajstić information content (AvgIpc) is 2.82. The predicted octanol–water partition coefficient (Wildman–Crippen LogP) is -0.112. The zero-order valence-corrected chi connectivity index (χ0v) is 15.1. The van der Waals surface area contributed by atoms with Crippen LogP contribution >= 0.6 is 11.3 Å². The maximum absolute atomic E-state index is 4.62. The van der Waals surface area contributed by atoms with Crippen molar-refractivity contribution in [2.75, 3.05) is 0 Å². The van der Waals surface area contributed by atoms with Crippen molar-refractivity contribution >= 4 is 11.3 Å². The Hall–Kier alpha value is 0.585. The molecule has 3 rings (SSSR count). The predicted molar refractivity (Wildman–Crippen MR) is 60.8 cm³/mol. The summed E-state index contributed by atoms with van der Waals surface area (Å²) in [6, 6.07) is 2.06. The van der Waals surface area contributed by atoms with Crippen molar-refractivity contribution in [3.8, 4) is 11.4 Å². The molecule has 0 amide bonds. The number of fused-ring (bicyclic) bond motifs is 1. The minimum absolute atomic E-state index is 0. The Morgan fingerprint density at radius 3 is 2.94 bits per heavy atom. The first kappa shape index (κ1) is 13.0. The maximum atomic E-state index is 4.62. The number of aryl methyl sites for hydroxylation is 2. The number of aromatic nitrogens is 2. The van der Waals surface area contributed by atoms with Gasteiger partial charge in [-0.3, -0.25) is 0 Å². The number of rotatable bonds is 1. The van der Waals surface area contributed by atoms with Crippen LogP contribution in [0.5, 0.6) is 0 Å². The first-order chi connectivity index (χ1) is 7.43. The van der Waals surface area contributed by atoms with Crippen molar-refractivity contribution in [2.24, 2.45) is 0 Å². The molecule has 4 heteroatoms. The molecule has 2 nitrogen and oxygen atoms in total. The fourth-order valence-electron chi connectivity index (χ4n) is 1.93. The Bertz CT molecular complexity index is 468. The van der Waals surface area contributed by atoms with E-state index in [1.54, 1.807) is 11.3 Å². The summed E-state index contributed by atoms with van der Waals surface area (Å²) in [4.78, 5) is 8.93. The van der Waals surface area contributed by atoms with Crippen LogP contribution in [0.15, 0.2) is 16.8 Å². The Morgan fingerprint density at radius 1 is 1.25 bits per heavy atom. The van der Waals surface area contributed by atoms with E-state index in [1.165, 1.54) is 24.1 Å². The van der Waals surface area contributed by atoms with E-state index < -0.39 is 0 Å². The summed E-state index contributed by atoms with van der Waals surface area (Å²) < 4.78 is 0. The Balaban J connectivity index is 0.000000963. The van der Waals surface area contributed by atoms with Gasteiger partial charge in [-0.05, 0) is 22.7 Å². The van der Waals surface area contributed by atoms with E-state index in [-0.39, 0.29) is 58.2 Å². The van der Waals surface area contributed by atoms with Gasteiger partial charge in [0.1, 0.15) is 0 Å². The summed E-state index contributed by atoms with van der Waals surface area (Å²) in [5.74, 6) is 0.830. The first-order valence-electron chi connectivity index (χ1n) is 5.23. The van der Waals surface area contributed by atoms with Gasteiger partial charge in [0.05, 0.1) is 0 Å². The summed E-state index contributed by atoms with van der Waals surface area (Å²) in [6.45, 7) is 0. The third kappa shape index (κ3) is 2.70. The largest absolute Gasteiger partial charge is 1.00 e. The van der Waals surface area contributed by atoms with Gasteiger partial charge < -0.3 is 9.97 Å². The van der Waals surface area contributed by atoms with E-state index >= 15 is 0 Å². The maximum Gasteiger partial charge on any atom is 1.00 e. The quantitative estimate of drug-likeness (QED) is 0.687. The molecule has 0 atom stereocenters. The molecule has 0 N–H and O–H groups in total. The molecule has 0 saturated carbocycles. The fraction of sp³-hybridized carbons (Fsp3) is 0.333. The van der Waals surface area contributed by atoms with E-state index in [0.29, 0.717) is 0 Å². The topological polar surface area (TPSA) is 25.8 Å². The molecule has 1 aliphatic rings. The van der Waals surface area contributed by atoms with Gasteiger partial charge >= 0.3 is 58.2 Å². The second-order valence-electron chi connectivity index (χ2n) is 3.80. The number of thiophene rings is 1. The minimum atomic E-state index is 0. The molecule has 0 spiro atoms. The Labute approximate surface area is 148 Å². The first-order valence-corrected chi connectivity index (χ1v) is 6.18. The van der Waals surface area contributed by atoms with Crippen LogP contribution in [0.2, 0.25) is 0 Å². The van der Waals surface area contributed by atoms with Crippen LogP contribution in [0.1, 0.15) is 24.1 Å². The molecular formula is C12H11N2RbS. The molecular weight excluding hydrogens is 290 g/mol. The standard InChI is InChI=1S/C12H11N2S.Rb/c1-2-4-11-9(3-1)7-13-12(14-11)10-5-6-15-8-10;/h5-6,8H,1-4H2;/q-1;+1. The smallest absolute Gasteiger partial charge is 0.369 e. The molecule has 2 heterocycles. The summed E-state index contributed by atoms with van der Waals surface area (Å²) in [5.41, 5.74) is 3.54. The van der Waals surface area contributed by atoms with Gasteiger partial charge in [-0.15, -0.1) is 5.56 Å².